The van der Waals surface area contributed by atoms with Gasteiger partial charge in [-0.3, -0.25) is 15.0 Å². The van der Waals surface area contributed by atoms with Gasteiger partial charge in [0.15, 0.2) is 10.8 Å². The van der Waals surface area contributed by atoms with Crippen LogP contribution in [0.3, 0.4) is 0 Å². The number of hydrogen-bond donors (Lipinski definition) is 3. The lowest BCUT2D eigenvalue weighted by Gasteiger charge is -2.25. The van der Waals surface area contributed by atoms with Crippen LogP contribution in [0.4, 0.5) is 15.6 Å². The van der Waals surface area contributed by atoms with E-state index in [1.165, 1.54) is 52.8 Å². The van der Waals surface area contributed by atoms with E-state index in [4.69, 9.17) is 21.8 Å². The molecule has 0 saturated carbocycles. The van der Waals surface area contributed by atoms with Crippen molar-refractivity contribution in [2.24, 2.45) is 0 Å². The van der Waals surface area contributed by atoms with Crippen molar-refractivity contribution in [3.8, 4) is 0 Å². The summed E-state index contributed by atoms with van der Waals surface area (Å²) in [4.78, 5) is 56.9. The number of likely N-dealkylation sites (tertiary alicyclic amines) is 1. The highest BCUT2D eigenvalue weighted by Crippen LogP contribution is 2.47. The Balaban J connectivity index is 0.000000360. The zero-order valence-electron chi connectivity index (χ0n) is 20.0. The van der Waals surface area contributed by atoms with Gasteiger partial charge in [-0.25, -0.2) is 24.4 Å². The number of aromatic nitrogens is 2. The second-order valence-corrected chi connectivity index (χ2v) is 11.0. The number of rotatable bonds is 4. The number of carboxylic acids is 2. The Morgan fingerprint density at radius 2 is 1.97 bits per heavy atom. The summed E-state index contributed by atoms with van der Waals surface area (Å²) in [5.74, 6) is -2.00. The fourth-order valence-electron chi connectivity index (χ4n) is 4.42. The molecule has 198 valence electrons. The minimum atomic E-state index is -1.03. The van der Waals surface area contributed by atoms with E-state index in [0.29, 0.717) is 29.1 Å². The summed E-state index contributed by atoms with van der Waals surface area (Å²) in [5.41, 5.74) is 3.62. The molecule has 0 radical (unpaired) electrons. The van der Waals surface area contributed by atoms with Crippen molar-refractivity contribution < 1.29 is 29.4 Å². The molecule has 1 atom stereocenters. The first-order valence-electron chi connectivity index (χ1n) is 11.2. The number of halogens is 1. The lowest BCUT2D eigenvalue weighted by Crippen LogP contribution is -2.41. The normalized spacial score (nSPS) is 17.8. The van der Waals surface area contributed by atoms with Crippen LogP contribution >= 0.6 is 34.3 Å². The van der Waals surface area contributed by atoms with Gasteiger partial charge < -0.3 is 15.1 Å². The Kier molecular flexibility index (Phi) is 8.09. The van der Waals surface area contributed by atoms with E-state index in [9.17, 15) is 19.2 Å². The highest BCUT2D eigenvalue weighted by atomic mass is 35.5. The fourth-order valence-corrected chi connectivity index (χ4v) is 5.75. The standard InChI is InChI=1S/C20H19ClN4O4S.C4H3NO2S/c1-12(26)24-7-6-20(10-24)11-25(19(29)23-18-22-9-16(21)30-18)15-4-2-13(8-14(15)20)3-5-17(27)28;6-4(7)3-1-8-2-5-3/h2-5,8-9H,6-7,10-11H2,1H3,(H,27,28)(H,22,23,29);1-2H,(H,6,7)/b5-3+;. The minimum absolute atomic E-state index is 0.00400. The summed E-state index contributed by atoms with van der Waals surface area (Å²) in [7, 11) is 0. The van der Waals surface area contributed by atoms with Gasteiger partial charge in [0.25, 0.3) is 0 Å². The monoisotopic (exact) mass is 575 g/mol. The maximum absolute atomic E-state index is 13.0. The smallest absolute Gasteiger partial charge is 0.355 e. The Labute approximate surface area is 230 Å². The van der Waals surface area contributed by atoms with E-state index < -0.39 is 17.4 Å². The van der Waals surface area contributed by atoms with Gasteiger partial charge in [-0.2, -0.15) is 0 Å². The summed E-state index contributed by atoms with van der Waals surface area (Å²) in [6.45, 7) is 3.08. The predicted molar refractivity (Wildman–Crippen MR) is 144 cm³/mol. The molecule has 4 heterocycles. The average Bonchev–Trinajstić information content (AvgIpc) is 3.66. The Bertz CT molecular complexity index is 1410. The molecule has 2 aromatic heterocycles. The van der Waals surface area contributed by atoms with E-state index in [2.05, 4.69) is 15.3 Å². The third-order valence-corrected chi connectivity index (χ3v) is 7.77. The van der Waals surface area contributed by atoms with E-state index in [1.807, 2.05) is 12.1 Å². The lowest BCUT2D eigenvalue weighted by molar-refractivity contribution is -0.131. The average molecular weight is 576 g/mol. The number of nitrogens with zero attached hydrogens (tertiary/aromatic N) is 4. The molecule has 0 bridgehead atoms. The molecular formula is C24H22ClN5O6S2. The highest BCUT2D eigenvalue weighted by molar-refractivity contribution is 7.19. The van der Waals surface area contributed by atoms with Crippen LogP contribution in [0.1, 0.15) is 35.0 Å². The number of benzene rings is 1. The van der Waals surface area contributed by atoms with Gasteiger partial charge in [-0.05, 0) is 35.8 Å². The molecule has 38 heavy (non-hydrogen) atoms. The van der Waals surface area contributed by atoms with E-state index >= 15 is 0 Å². The molecule has 2 aliphatic rings. The van der Waals surface area contributed by atoms with Crippen molar-refractivity contribution in [1.29, 1.82) is 0 Å². The minimum Gasteiger partial charge on any atom is -0.478 e. The number of carbonyl (C=O) groups excluding carboxylic acids is 2. The van der Waals surface area contributed by atoms with Crippen LogP contribution in [0.15, 0.2) is 41.4 Å². The summed E-state index contributed by atoms with van der Waals surface area (Å²) >= 11 is 8.35. The number of thiazole rings is 2. The van der Waals surface area contributed by atoms with Crippen LogP contribution in [0.2, 0.25) is 4.34 Å². The maximum Gasteiger partial charge on any atom is 0.355 e. The predicted octanol–water partition coefficient (Wildman–Crippen LogP) is 4.28. The third-order valence-electron chi connectivity index (χ3n) is 6.15. The van der Waals surface area contributed by atoms with Crippen molar-refractivity contribution in [2.75, 3.05) is 29.9 Å². The zero-order valence-corrected chi connectivity index (χ0v) is 22.3. The number of amides is 3. The van der Waals surface area contributed by atoms with Crippen LogP contribution < -0.4 is 10.2 Å². The number of carboxylic acid groups (broad SMARTS) is 2. The van der Waals surface area contributed by atoms with Gasteiger partial charge in [0.05, 0.1) is 11.7 Å². The Hall–Kier alpha value is -3.81. The molecule has 1 saturated heterocycles. The molecular weight excluding hydrogens is 554 g/mol. The first-order valence-corrected chi connectivity index (χ1v) is 13.3. The first-order chi connectivity index (χ1) is 18.1. The number of hydrogen-bond acceptors (Lipinski definition) is 8. The highest BCUT2D eigenvalue weighted by Gasteiger charge is 2.49. The summed E-state index contributed by atoms with van der Waals surface area (Å²) < 4.78 is 0.478. The Morgan fingerprint density at radius 3 is 2.53 bits per heavy atom. The van der Waals surface area contributed by atoms with E-state index in [0.717, 1.165) is 29.3 Å². The number of carbonyl (C=O) groups is 4. The first kappa shape index (κ1) is 27.2. The summed E-state index contributed by atoms with van der Waals surface area (Å²) in [6.07, 6.45) is 4.80. The number of urea groups is 1. The van der Waals surface area contributed by atoms with Crippen molar-refractivity contribution in [2.45, 2.75) is 18.8 Å². The van der Waals surface area contributed by atoms with Gasteiger partial charge in [-0.1, -0.05) is 29.0 Å². The van der Waals surface area contributed by atoms with Gasteiger partial charge in [0.2, 0.25) is 5.91 Å². The van der Waals surface area contributed by atoms with E-state index in [1.54, 1.807) is 15.9 Å². The van der Waals surface area contributed by atoms with Gasteiger partial charge in [0.1, 0.15) is 4.34 Å². The van der Waals surface area contributed by atoms with Crippen LogP contribution in [0, 0.1) is 0 Å². The number of fused-ring (bicyclic) bond motifs is 2. The molecule has 3 amide bonds. The number of aliphatic carboxylic acids is 1. The SMILES string of the molecule is CC(=O)N1CCC2(C1)CN(C(=O)Nc1ncc(Cl)s1)c1ccc(/C=C/C(=O)O)cc12.O=C(O)c1cscn1. The molecule has 1 fully saturated rings. The van der Waals surface area contributed by atoms with Crippen molar-refractivity contribution in [3.63, 3.8) is 0 Å². The quantitative estimate of drug-likeness (QED) is 0.390. The molecule has 1 aromatic carbocycles. The molecule has 1 unspecified atom stereocenters. The van der Waals surface area contributed by atoms with Crippen molar-refractivity contribution in [1.82, 2.24) is 14.9 Å². The molecule has 11 nitrogen and oxygen atoms in total. The molecule has 3 N–H and O–H groups in total. The molecule has 2 aliphatic heterocycles. The Morgan fingerprint density at radius 1 is 1.18 bits per heavy atom. The number of nitrogens with one attached hydrogen (secondary N) is 1. The van der Waals surface area contributed by atoms with Crippen molar-refractivity contribution in [3.05, 3.63) is 62.5 Å². The van der Waals surface area contributed by atoms with Crippen LogP contribution in [0.25, 0.3) is 6.08 Å². The van der Waals surface area contributed by atoms with Gasteiger partial charge >= 0.3 is 18.0 Å². The largest absolute Gasteiger partial charge is 0.478 e. The van der Waals surface area contributed by atoms with E-state index in [-0.39, 0.29) is 17.6 Å². The second-order valence-electron chi connectivity index (χ2n) is 8.58. The van der Waals surface area contributed by atoms with Crippen LogP contribution in [0.5, 0.6) is 0 Å². The van der Waals surface area contributed by atoms with Crippen molar-refractivity contribution >= 4 is 75.0 Å². The van der Waals surface area contributed by atoms with Crippen LogP contribution in [-0.4, -0.2) is 68.6 Å². The fraction of sp³-hybridized carbons (Fsp3) is 0.250. The third kappa shape index (κ3) is 6.01. The second kappa shape index (κ2) is 11.3. The van der Waals surface area contributed by atoms with Gasteiger partial charge in [0, 0.05) is 49.1 Å². The number of anilines is 2. The molecule has 3 aromatic rings. The maximum atomic E-state index is 13.0. The zero-order chi connectivity index (χ0) is 27.4. The van der Waals surface area contributed by atoms with Crippen LogP contribution in [-0.2, 0) is 15.0 Å². The summed E-state index contributed by atoms with van der Waals surface area (Å²) in [6, 6.07) is 5.17. The molecule has 0 aliphatic carbocycles. The lowest BCUT2D eigenvalue weighted by atomic mass is 9.81. The van der Waals surface area contributed by atoms with Gasteiger partial charge in [-0.15, -0.1) is 11.3 Å². The topological polar surface area (TPSA) is 153 Å². The molecule has 5 rings (SSSR count). The summed E-state index contributed by atoms with van der Waals surface area (Å²) in [5, 5.41) is 21.8. The molecule has 1 spiro atoms. The molecule has 14 heteroatoms. The number of aromatic carboxylic acids is 1.